The van der Waals surface area contributed by atoms with Crippen LogP contribution in [0.25, 0.3) is 21.5 Å². The number of aromatic nitrogens is 2. The number of rotatable bonds is 16. The lowest BCUT2D eigenvalue weighted by Crippen LogP contribution is -2.55. The Morgan fingerprint density at radius 2 is 1.56 bits per heavy atom. The van der Waals surface area contributed by atoms with Gasteiger partial charge in [0.05, 0.1) is 21.7 Å². The summed E-state index contributed by atoms with van der Waals surface area (Å²) in [7, 11) is -2.11. The van der Waals surface area contributed by atoms with Crippen LogP contribution in [-0.4, -0.2) is 107 Å². The maximum Gasteiger partial charge on any atom is 0.352 e. The number of esters is 2. The summed E-state index contributed by atoms with van der Waals surface area (Å²) in [5.74, 6) is -1.88. The monoisotopic (exact) mass is 1130 g/mol. The molecule has 2 atom stereocenters. The third-order valence-electron chi connectivity index (χ3n) is 14.0. The summed E-state index contributed by atoms with van der Waals surface area (Å²) in [4.78, 5) is 79.6. The number of fused-ring (bicyclic) bond motifs is 1. The van der Waals surface area contributed by atoms with E-state index in [4.69, 9.17) is 25.8 Å². The Hall–Kier alpha value is -6.42. The number of carbonyl (C=O) groups excluding carboxylic acids is 5. The molecule has 3 aliphatic rings. The second-order valence-electron chi connectivity index (χ2n) is 23.0. The van der Waals surface area contributed by atoms with E-state index in [9.17, 15) is 37.2 Å². The molecule has 8 rings (SSSR count). The van der Waals surface area contributed by atoms with E-state index in [1.807, 2.05) is 56.3 Å². The Labute approximate surface area is 464 Å². The average molecular weight is 1130 g/mol. The van der Waals surface area contributed by atoms with E-state index in [0.29, 0.717) is 58.0 Å². The number of ether oxygens (including phenoxy) is 3. The molecule has 0 aliphatic carbocycles. The van der Waals surface area contributed by atoms with Gasteiger partial charge in [-0.3, -0.25) is 24.0 Å². The predicted octanol–water partition coefficient (Wildman–Crippen LogP) is 8.99. The van der Waals surface area contributed by atoms with Crippen molar-refractivity contribution < 1.29 is 46.6 Å². The first-order valence-electron chi connectivity index (χ1n) is 26.4. The van der Waals surface area contributed by atoms with Gasteiger partial charge in [-0.15, -0.1) is 11.3 Å². The largest absolute Gasteiger partial charge is 0.479 e. The third kappa shape index (κ3) is 13.9. The van der Waals surface area contributed by atoms with Gasteiger partial charge < -0.3 is 35.1 Å². The van der Waals surface area contributed by atoms with E-state index in [1.165, 1.54) is 4.57 Å². The first-order valence-corrected chi connectivity index (χ1v) is 29.2. The van der Waals surface area contributed by atoms with Crippen LogP contribution in [0.2, 0.25) is 5.02 Å². The number of hydrogen-bond donors (Lipinski definition) is 4. The molecule has 22 heteroatoms. The van der Waals surface area contributed by atoms with Gasteiger partial charge in [0.15, 0.2) is 17.2 Å². The van der Waals surface area contributed by atoms with E-state index in [2.05, 4.69) is 26.2 Å². The molecule has 78 heavy (non-hydrogen) atoms. The summed E-state index contributed by atoms with van der Waals surface area (Å²) in [6, 6.07) is 19.0. The summed E-state index contributed by atoms with van der Waals surface area (Å²) < 4.78 is 49.8. The average Bonchev–Trinajstić information content (AvgIpc) is 3.90. The summed E-state index contributed by atoms with van der Waals surface area (Å²) in [5.41, 5.74) is 2.23. The van der Waals surface area contributed by atoms with Crippen LogP contribution in [0.1, 0.15) is 122 Å². The molecule has 0 radical (unpaired) electrons. The summed E-state index contributed by atoms with van der Waals surface area (Å²) in [5, 5.41) is 11.9. The highest BCUT2D eigenvalue weighted by atomic mass is 35.5. The number of urea groups is 1. The van der Waals surface area contributed by atoms with Gasteiger partial charge in [0.1, 0.15) is 22.3 Å². The summed E-state index contributed by atoms with van der Waals surface area (Å²) in [6.45, 7) is 16.2. The molecule has 3 aromatic carbocycles. The number of halogens is 1. The number of thiophene rings is 1. The number of carbonyl (C=O) groups is 5. The standard InChI is InChI=1S/C56H71ClN8O11S2/c1-54(2,3)75-45(67)32-74-47-46(57)48(77-49(47)51(69)76-55(4,5)6)36-13-11-15-38(29-36)59-39-23-27-64(56(7,8)31-39)78(72,73)33-35-12-10-14-37(28-35)60-52(70)58-24-20-34-21-25-63(26-22-34)40-16-17-41-43(30-40)62(9)53(71)65(41)42-18-19-44(66)61-50(42)68/h10-17,28-30,34,39,42,59H,18-27,31-33H2,1-9H3,(H2,58,60,70)(H,61,66,68)/t39-,42?/m0/s1. The molecular formula is C56H71ClN8O11S2. The number of hydrogen-bond acceptors (Lipinski definition) is 14. The van der Waals surface area contributed by atoms with Gasteiger partial charge in [-0.25, -0.2) is 27.6 Å². The molecule has 0 saturated carbocycles. The van der Waals surface area contributed by atoms with Crippen molar-refractivity contribution in [2.45, 2.75) is 135 Å². The number of piperidine rings is 3. The van der Waals surface area contributed by atoms with Crippen molar-refractivity contribution in [2.24, 2.45) is 13.0 Å². The lowest BCUT2D eigenvalue weighted by atomic mass is 9.89. The molecule has 19 nitrogen and oxygen atoms in total. The Morgan fingerprint density at radius 1 is 0.859 bits per heavy atom. The minimum atomic E-state index is -3.80. The maximum atomic E-state index is 14.1. The highest BCUT2D eigenvalue weighted by Gasteiger charge is 2.42. The summed E-state index contributed by atoms with van der Waals surface area (Å²) >= 11 is 8.02. The molecular weight excluding hydrogens is 1060 g/mol. The fourth-order valence-electron chi connectivity index (χ4n) is 10.5. The molecule has 0 bridgehead atoms. The van der Waals surface area contributed by atoms with Gasteiger partial charge in [-0.05, 0) is 153 Å². The zero-order chi connectivity index (χ0) is 56.5. The van der Waals surface area contributed by atoms with Crippen LogP contribution in [0.4, 0.5) is 21.9 Å². The number of aryl methyl sites for hydroxylation is 1. The van der Waals surface area contributed by atoms with E-state index < -0.39 is 57.3 Å². The van der Waals surface area contributed by atoms with Gasteiger partial charge in [0.25, 0.3) is 0 Å². The molecule has 420 valence electrons. The van der Waals surface area contributed by atoms with Crippen LogP contribution in [0.3, 0.4) is 0 Å². The molecule has 0 spiro atoms. The number of imide groups is 1. The lowest BCUT2D eigenvalue weighted by Gasteiger charge is -2.45. The van der Waals surface area contributed by atoms with Crippen molar-refractivity contribution in [3.05, 3.63) is 92.7 Å². The van der Waals surface area contributed by atoms with Crippen LogP contribution in [0.15, 0.2) is 71.5 Å². The fraction of sp³-hybridized carbons (Fsp3) is 0.500. The van der Waals surface area contributed by atoms with Crippen molar-refractivity contribution in [1.82, 2.24) is 24.1 Å². The second kappa shape index (κ2) is 23.1. The molecule has 4 amide bonds. The lowest BCUT2D eigenvalue weighted by molar-refractivity contribution is -0.157. The van der Waals surface area contributed by atoms with Crippen molar-refractivity contribution in [3.63, 3.8) is 0 Å². The third-order valence-corrected chi connectivity index (χ3v) is 17.7. The van der Waals surface area contributed by atoms with Gasteiger partial charge >= 0.3 is 23.7 Å². The van der Waals surface area contributed by atoms with Gasteiger partial charge in [-0.2, -0.15) is 4.31 Å². The number of imidazole rings is 1. The smallest absolute Gasteiger partial charge is 0.352 e. The minimum Gasteiger partial charge on any atom is -0.479 e. The second-order valence-corrected chi connectivity index (χ2v) is 26.3. The van der Waals surface area contributed by atoms with Gasteiger partial charge in [0.2, 0.25) is 21.8 Å². The van der Waals surface area contributed by atoms with E-state index in [1.54, 1.807) is 81.7 Å². The Kier molecular flexibility index (Phi) is 17.1. The Morgan fingerprint density at radius 3 is 2.26 bits per heavy atom. The van der Waals surface area contributed by atoms with Crippen molar-refractivity contribution >= 4 is 90.8 Å². The molecule has 3 fully saturated rings. The molecule has 3 saturated heterocycles. The van der Waals surface area contributed by atoms with Gasteiger partial charge in [-0.1, -0.05) is 35.9 Å². The quantitative estimate of drug-likeness (QED) is 0.0535. The highest BCUT2D eigenvalue weighted by molar-refractivity contribution is 7.88. The molecule has 5 aromatic rings. The Balaban J connectivity index is 0.813. The van der Waals surface area contributed by atoms with Crippen LogP contribution in [0, 0.1) is 5.92 Å². The van der Waals surface area contributed by atoms with Crippen molar-refractivity contribution in [2.75, 3.05) is 48.3 Å². The fourth-order valence-corrected chi connectivity index (χ4v) is 13.9. The number of anilines is 3. The highest BCUT2D eigenvalue weighted by Crippen LogP contribution is 2.47. The predicted molar refractivity (Wildman–Crippen MR) is 303 cm³/mol. The summed E-state index contributed by atoms with van der Waals surface area (Å²) in [6.07, 6.45) is 4.11. The molecule has 3 aliphatic heterocycles. The molecule has 4 N–H and O–H groups in total. The van der Waals surface area contributed by atoms with Crippen LogP contribution < -0.4 is 36.6 Å². The van der Waals surface area contributed by atoms with Crippen LogP contribution in [-0.2, 0) is 46.7 Å². The first-order chi connectivity index (χ1) is 36.6. The molecule has 2 aromatic heterocycles. The first kappa shape index (κ1) is 57.7. The van der Waals surface area contributed by atoms with Crippen molar-refractivity contribution in [3.8, 4) is 16.2 Å². The Bertz CT molecular complexity index is 3270. The topological polar surface area (TPSA) is 229 Å². The number of sulfonamides is 1. The zero-order valence-electron chi connectivity index (χ0n) is 45.7. The van der Waals surface area contributed by atoms with Gasteiger partial charge in [0, 0.05) is 68.3 Å². The van der Waals surface area contributed by atoms with Crippen LogP contribution in [0.5, 0.6) is 5.75 Å². The molecule has 1 unspecified atom stereocenters. The number of nitrogens with one attached hydrogen (secondary N) is 4. The normalized spacial score (nSPS) is 18.6. The van der Waals surface area contributed by atoms with Crippen molar-refractivity contribution in [1.29, 1.82) is 0 Å². The van der Waals surface area contributed by atoms with E-state index >= 15 is 0 Å². The maximum absolute atomic E-state index is 14.1. The van der Waals surface area contributed by atoms with E-state index in [0.717, 1.165) is 55.1 Å². The SMILES string of the molecule is Cn1c(=O)n(C2CCC(=O)NC2=O)c2ccc(N3CCC(CCNC(=O)Nc4cccc(CS(=O)(=O)N5CC[C@H](Nc6cccc(-c7sc(C(=O)OC(C)(C)C)c(OCC(=O)OC(C)(C)C)c7Cl)c6)CC5(C)C)c4)CC3)cc21. The minimum absolute atomic E-state index is 0.0318. The van der Waals surface area contributed by atoms with Crippen LogP contribution >= 0.6 is 22.9 Å². The number of amides is 4. The number of nitrogens with zero attached hydrogens (tertiary/aromatic N) is 4. The zero-order valence-corrected chi connectivity index (χ0v) is 48.1. The van der Waals surface area contributed by atoms with E-state index in [-0.39, 0.29) is 64.5 Å². The molecule has 5 heterocycles. The number of benzene rings is 3.